The van der Waals surface area contributed by atoms with Gasteiger partial charge in [-0.3, -0.25) is 14.5 Å². The van der Waals surface area contributed by atoms with Gasteiger partial charge in [0.15, 0.2) is 5.60 Å². The van der Waals surface area contributed by atoms with Crippen molar-refractivity contribution in [2.75, 3.05) is 13.1 Å². The number of amides is 2. The van der Waals surface area contributed by atoms with Crippen molar-refractivity contribution in [1.29, 1.82) is 0 Å². The zero-order valence-electron chi connectivity index (χ0n) is 13.2. The molecule has 4 unspecified atom stereocenters. The van der Waals surface area contributed by atoms with Gasteiger partial charge in [-0.2, -0.15) is 0 Å². The predicted octanol–water partition coefficient (Wildman–Crippen LogP) is 0.0865. The van der Waals surface area contributed by atoms with Crippen LogP contribution in [0.5, 0.6) is 0 Å². The second kappa shape index (κ2) is 5.93. The van der Waals surface area contributed by atoms with E-state index in [1.54, 1.807) is 4.90 Å². The van der Waals surface area contributed by atoms with Crippen LogP contribution in [0.25, 0.3) is 0 Å². The van der Waals surface area contributed by atoms with Crippen LogP contribution in [-0.4, -0.2) is 63.5 Å². The molecule has 2 aliphatic heterocycles. The number of carbonyl (C=O) groups excluding carboxylic acids is 2. The Balaban J connectivity index is 2.07. The molecule has 0 saturated carbocycles. The molecule has 6 heteroatoms. The number of piperidine rings is 1. The van der Waals surface area contributed by atoms with E-state index < -0.39 is 11.5 Å². The summed E-state index contributed by atoms with van der Waals surface area (Å²) in [4.78, 5) is 27.9. The maximum absolute atomic E-state index is 12.7. The molecule has 21 heavy (non-hydrogen) atoms. The van der Waals surface area contributed by atoms with Gasteiger partial charge in [-0.25, -0.2) is 0 Å². The van der Waals surface area contributed by atoms with Gasteiger partial charge in [0.1, 0.15) is 0 Å². The van der Waals surface area contributed by atoms with E-state index in [1.165, 1.54) is 0 Å². The summed E-state index contributed by atoms with van der Waals surface area (Å²) in [6.45, 7) is 6.79. The molecule has 2 heterocycles. The Morgan fingerprint density at radius 3 is 2.38 bits per heavy atom. The van der Waals surface area contributed by atoms with Crippen molar-refractivity contribution in [3.63, 3.8) is 0 Å². The van der Waals surface area contributed by atoms with Gasteiger partial charge in [-0.1, -0.05) is 0 Å². The lowest BCUT2D eigenvalue weighted by atomic mass is 9.91. The van der Waals surface area contributed by atoms with E-state index in [0.29, 0.717) is 31.5 Å². The Morgan fingerprint density at radius 2 is 1.86 bits per heavy atom. The summed E-state index contributed by atoms with van der Waals surface area (Å²) in [7, 11) is 0. The van der Waals surface area contributed by atoms with Crippen molar-refractivity contribution in [3.8, 4) is 0 Å². The Kier molecular flexibility index (Phi) is 4.58. The lowest BCUT2D eigenvalue weighted by Gasteiger charge is -2.40. The highest BCUT2D eigenvalue weighted by molar-refractivity contribution is 5.86. The van der Waals surface area contributed by atoms with Crippen molar-refractivity contribution in [2.24, 2.45) is 5.73 Å². The van der Waals surface area contributed by atoms with Crippen molar-refractivity contribution in [3.05, 3.63) is 0 Å². The van der Waals surface area contributed by atoms with Gasteiger partial charge < -0.3 is 15.7 Å². The van der Waals surface area contributed by atoms with E-state index in [-0.39, 0.29) is 18.5 Å². The smallest absolute Gasteiger partial charge is 0.251 e. The van der Waals surface area contributed by atoms with Crippen molar-refractivity contribution in [2.45, 2.75) is 70.2 Å². The summed E-state index contributed by atoms with van der Waals surface area (Å²) < 4.78 is 0. The third kappa shape index (κ3) is 3.06. The second-order valence-electron chi connectivity index (χ2n) is 6.66. The van der Waals surface area contributed by atoms with Crippen LogP contribution in [0.15, 0.2) is 0 Å². The Hall–Kier alpha value is -1.14. The predicted molar refractivity (Wildman–Crippen MR) is 79.4 cm³/mol. The first kappa shape index (κ1) is 16.2. The zero-order chi connectivity index (χ0) is 15.8. The summed E-state index contributed by atoms with van der Waals surface area (Å²) in [5.74, 6) is -0.759. The molecule has 0 spiro atoms. The van der Waals surface area contributed by atoms with E-state index >= 15 is 0 Å². The Labute approximate surface area is 126 Å². The lowest BCUT2D eigenvalue weighted by Crippen LogP contribution is -2.60. The van der Waals surface area contributed by atoms with Gasteiger partial charge in [0, 0.05) is 18.6 Å². The topological polar surface area (TPSA) is 86.9 Å². The average Bonchev–Trinajstić information content (AvgIpc) is 2.76. The largest absolute Gasteiger partial charge is 0.378 e. The minimum Gasteiger partial charge on any atom is -0.378 e. The van der Waals surface area contributed by atoms with E-state index in [9.17, 15) is 14.7 Å². The van der Waals surface area contributed by atoms with Gasteiger partial charge in [0.05, 0.1) is 12.6 Å². The third-order valence-corrected chi connectivity index (χ3v) is 5.07. The standard InChI is InChI=1S/C15H27N3O3/c1-10-5-6-11(2)18(10)12(3)13(19)17-8-4-7-15(21,9-17)14(16)20/h10-12,21H,4-9H2,1-3H3,(H2,16,20). The first-order valence-electron chi connectivity index (χ1n) is 7.85. The molecule has 0 aromatic rings. The van der Waals surface area contributed by atoms with Crippen LogP contribution in [0.3, 0.4) is 0 Å². The Morgan fingerprint density at radius 1 is 1.29 bits per heavy atom. The molecule has 0 aliphatic carbocycles. The quantitative estimate of drug-likeness (QED) is 0.773. The number of β-amino-alcohol motifs (C(OH)–C–C–N with tert-alkyl or cyclic N) is 1. The summed E-state index contributed by atoms with van der Waals surface area (Å²) in [5.41, 5.74) is 3.70. The molecule has 120 valence electrons. The van der Waals surface area contributed by atoms with Gasteiger partial charge in [0.2, 0.25) is 5.91 Å². The molecule has 3 N–H and O–H groups in total. The molecule has 6 nitrogen and oxygen atoms in total. The molecule has 2 fully saturated rings. The molecule has 2 rings (SSSR count). The molecule has 2 saturated heterocycles. The maximum atomic E-state index is 12.7. The number of hydrogen-bond donors (Lipinski definition) is 2. The second-order valence-corrected chi connectivity index (χ2v) is 6.66. The number of primary amides is 1. The minimum atomic E-state index is -1.57. The van der Waals surface area contributed by atoms with E-state index in [1.807, 2.05) is 6.92 Å². The fourth-order valence-corrected chi connectivity index (χ4v) is 3.80. The number of rotatable bonds is 3. The number of likely N-dealkylation sites (tertiary alicyclic amines) is 2. The number of nitrogens with two attached hydrogens (primary N) is 1. The van der Waals surface area contributed by atoms with Crippen molar-refractivity contribution >= 4 is 11.8 Å². The molecule has 2 aliphatic rings. The van der Waals surface area contributed by atoms with Crippen LogP contribution in [0.4, 0.5) is 0 Å². The molecular weight excluding hydrogens is 270 g/mol. The molecule has 0 aromatic carbocycles. The molecule has 0 bridgehead atoms. The molecule has 4 atom stereocenters. The highest BCUT2D eigenvalue weighted by Crippen LogP contribution is 2.28. The van der Waals surface area contributed by atoms with Crippen LogP contribution in [-0.2, 0) is 9.59 Å². The van der Waals surface area contributed by atoms with Crippen molar-refractivity contribution < 1.29 is 14.7 Å². The van der Waals surface area contributed by atoms with Gasteiger partial charge in [-0.15, -0.1) is 0 Å². The van der Waals surface area contributed by atoms with Crippen LogP contribution >= 0.6 is 0 Å². The van der Waals surface area contributed by atoms with Crippen molar-refractivity contribution in [1.82, 2.24) is 9.80 Å². The average molecular weight is 297 g/mol. The number of aliphatic hydroxyl groups is 1. The lowest BCUT2D eigenvalue weighted by molar-refractivity contribution is -0.152. The van der Waals surface area contributed by atoms with Crippen LogP contribution in [0.2, 0.25) is 0 Å². The highest BCUT2D eigenvalue weighted by atomic mass is 16.3. The summed E-state index contributed by atoms with van der Waals surface area (Å²) >= 11 is 0. The molecule has 2 amide bonds. The molecule has 0 radical (unpaired) electrons. The molecule has 0 aromatic heterocycles. The summed E-state index contributed by atoms with van der Waals surface area (Å²) in [5, 5.41) is 10.2. The number of hydrogen-bond acceptors (Lipinski definition) is 4. The first-order chi connectivity index (χ1) is 9.76. The minimum absolute atomic E-state index is 0.0160. The zero-order valence-corrected chi connectivity index (χ0v) is 13.2. The van der Waals surface area contributed by atoms with E-state index in [4.69, 9.17) is 5.73 Å². The fraction of sp³-hybridized carbons (Fsp3) is 0.867. The summed E-state index contributed by atoms with van der Waals surface area (Å²) in [6.07, 6.45) is 3.13. The van der Waals surface area contributed by atoms with Gasteiger partial charge in [-0.05, 0) is 46.5 Å². The Bertz CT molecular complexity index is 418. The van der Waals surface area contributed by atoms with Crippen LogP contribution < -0.4 is 5.73 Å². The normalized spacial score (nSPS) is 35.7. The fourth-order valence-electron chi connectivity index (χ4n) is 3.80. The summed E-state index contributed by atoms with van der Waals surface area (Å²) in [6, 6.07) is 0.547. The first-order valence-corrected chi connectivity index (χ1v) is 7.85. The molecular formula is C15H27N3O3. The van der Waals surface area contributed by atoms with Gasteiger partial charge >= 0.3 is 0 Å². The highest BCUT2D eigenvalue weighted by Gasteiger charge is 2.43. The van der Waals surface area contributed by atoms with E-state index in [2.05, 4.69) is 18.7 Å². The van der Waals surface area contributed by atoms with E-state index in [0.717, 1.165) is 12.8 Å². The van der Waals surface area contributed by atoms with Crippen LogP contribution in [0.1, 0.15) is 46.5 Å². The maximum Gasteiger partial charge on any atom is 0.251 e. The van der Waals surface area contributed by atoms with Gasteiger partial charge in [0.25, 0.3) is 5.91 Å². The number of nitrogens with zero attached hydrogens (tertiary/aromatic N) is 2. The third-order valence-electron chi connectivity index (χ3n) is 5.07. The monoisotopic (exact) mass is 297 g/mol. The van der Waals surface area contributed by atoms with Crippen LogP contribution in [0, 0.1) is 0 Å². The number of carbonyl (C=O) groups is 2. The SMILES string of the molecule is CC1CCC(C)N1C(C)C(=O)N1CCCC(O)(C(N)=O)C1.